The lowest BCUT2D eigenvalue weighted by Gasteiger charge is -2.20. The van der Waals surface area contributed by atoms with Crippen molar-refractivity contribution >= 4 is 5.91 Å². The molecular formula is C18H27F3N2O4. The summed E-state index contributed by atoms with van der Waals surface area (Å²) in [7, 11) is 0. The average Bonchev–Trinajstić information content (AvgIpc) is 2.63. The van der Waals surface area contributed by atoms with Gasteiger partial charge in [0.15, 0.2) is 0 Å². The van der Waals surface area contributed by atoms with Gasteiger partial charge in [-0.15, -0.1) is 0 Å². The number of carbonyl (C=O) groups excluding carboxylic acids is 1. The lowest BCUT2D eigenvalue weighted by Crippen LogP contribution is -2.28. The molecule has 0 radical (unpaired) electrons. The molecule has 1 atom stereocenters. The summed E-state index contributed by atoms with van der Waals surface area (Å²) in [4.78, 5) is 12.0. The van der Waals surface area contributed by atoms with Gasteiger partial charge in [-0.1, -0.05) is 12.1 Å². The first-order valence-corrected chi connectivity index (χ1v) is 8.81. The van der Waals surface area contributed by atoms with Crippen LogP contribution in [0.3, 0.4) is 0 Å². The molecule has 0 fully saturated rings. The van der Waals surface area contributed by atoms with E-state index >= 15 is 0 Å². The molecule has 1 rings (SSSR count). The van der Waals surface area contributed by atoms with E-state index in [0.29, 0.717) is 33.0 Å². The fraction of sp³-hybridized carbons (Fsp3) is 0.611. The molecule has 0 aliphatic carbocycles. The van der Waals surface area contributed by atoms with Crippen molar-refractivity contribution in [3.05, 3.63) is 35.4 Å². The van der Waals surface area contributed by atoms with Crippen LogP contribution in [0.2, 0.25) is 0 Å². The van der Waals surface area contributed by atoms with Gasteiger partial charge < -0.3 is 25.6 Å². The van der Waals surface area contributed by atoms with Crippen LogP contribution in [0.1, 0.15) is 34.7 Å². The minimum absolute atomic E-state index is 0.0592. The number of benzene rings is 1. The number of nitrogens with two attached hydrogens (primary N) is 1. The van der Waals surface area contributed by atoms with Gasteiger partial charge in [-0.3, -0.25) is 4.79 Å². The molecule has 0 spiro atoms. The van der Waals surface area contributed by atoms with Gasteiger partial charge in [-0.25, -0.2) is 0 Å². The van der Waals surface area contributed by atoms with Crippen LogP contribution >= 0.6 is 0 Å². The topological polar surface area (TPSA) is 93.8 Å². The van der Waals surface area contributed by atoms with Crippen LogP contribution in [0.25, 0.3) is 0 Å². The Hall–Kier alpha value is -1.68. The highest BCUT2D eigenvalue weighted by molar-refractivity contribution is 5.94. The lowest BCUT2D eigenvalue weighted by atomic mass is 9.93. The Morgan fingerprint density at radius 2 is 1.74 bits per heavy atom. The molecule has 0 saturated heterocycles. The van der Waals surface area contributed by atoms with Crippen molar-refractivity contribution in [3.8, 4) is 0 Å². The summed E-state index contributed by atoms with van der Waals surface area (Å²) < 4.78 is 49.8. The Morgan fingerprint density at radius 1 is 1.11 bits per heavy atom. The molecule has 27 heavy (non-hydrogen) atoms. The number of amides is 1. The zero-order valence-electron chi connectivity index (χ0n) is 15.1. The van der Waals surface area contributed by atoms with E-state index < -0.39 is 12.1 Å². The van der Waals surface area contributed by atoms with Crippen molar-refractivity contribution in [1.82, 2.24) is 5.32 Å². The monoisotopic (exact) mass is 392 g/mol. The van der Waals surface area contributed by atoms with Crippen LogP contribution < -0.4 is 11.1 Å². The summed E-state index contributed by atoms with van der Waals surface area (Å²) in [5.41, 5.74) is 5.62. The molecule has 0 aromatic heterocycles. The second-order valence-electron chi connectivity index (χ2n) is 5.85. The van der Waals surface area contributed by atoms with E-state index in [1.165, 1.54) is 24.3 Å². The van der Waals surface area contributed by atoms with E-state index in [0.717, 1.165) is 0 Å². The third-order valence-corrected chi connectivity index (χ3v) is 3.79. The van der Waals surface area contributed by atoms with Gasteiger partial charge in [0, 0.05) is 25.3 Å². The van der Waals surface area contributed by atoms with Crippen molar-refractivity contribution in [2.75, 3.05) is 46.1 Å². The first kappa shape index (κ1) is 23.4. The lowest BCUT2D eigenvalue weighted by molar-refractivity contribution is -0.152. The molecule has 1 unspecified atom stereocenters. The Bertz CT molecular complexity index is 538. The minimum atomic E-state index is -4.40. The number of hydrogen-bond donors (Lipinski definition) is 3. The quantitative estimate of drug-likeness (QED) is 0.445. The second-order valence-corrected chi connectivity index (χ2v) is 5.85. The Morgan fingerprint density at radius 3 is 2.30 bits per heavy atom. The number of nitrogens with one attached hydrogen (secondary N) is 1. The van der Waals surface area contributed by atoms with Crippen molar-refractivity contribution in [2.45, 2.75) is 24.9 Å². The molecule has 0 bridgehead atoms. The predicted molar refractivity (Wildman–Crippen MR) is 94.6 cm³/mol. The summed E-state index contributed by atoms with van der Waals surface area (Å²) in [5, 5.41) is 11.4. The minimum Gasteiger partial charge on any atom is -0.396 e. The summed E-state index contributed by atoms with van der Waals surface area (Å²) >= 11 is 0. The van der Waals surface area contributed by atoms with Crippen LogP contribution in [-0.2, 0) is 9.47 Å². The molecule has 1 amide bonds. The third kappa shape index (κ3) is 9.18. The molecule has 6 nitrogen and oxygen atoms in total. The number of halogens is 3. The standard InChI is InChI=1S/C18H27F3N2O4/c19-18(20,21)16(2-1-9-24)14-3-5-15(6-4-14)17(25)23-8-11-27-13-12-26-10-7-22/h3-6,16,24H,1-2,7-13,22H2,(H,23,25). The number of aliphatic hydroxyl groups excluding tert-OH is 1. The highest BCUT2D eigenvalue weighted by atomic mass is 19.4. The summed E-state index contributed by atoms with van der Waals surface area (Å²) in [6.45, 7) is 1.99. The molecule has 0 aliphatic rings. The maximum atomic E-state index is 13.1. The molecular weight excluding hydrogens is 365 g/mol. The van der Waals surface area contributed by atoms with E-state index in [9.17, 15) is 18.0 Å². The van der Waals surface area contributed by atoms with Gasteiger partial charge in [0.1, 0.15) is 0 Å². The van der Waals surface area contributed by atoms with Gasteiger partial charge in [0.2, 0.25) is 0 Å². The number of ether oxygens (including phenoxy) is 2. The van der Waals surface area contributed by atoms with E-state index in [1.54, 1.807) is 0 Å². The van der Waals surface area contributed by atoms with Crippen LogP contribution in [-0.4, -0.2) is 63.3 Å². The fourth-order valence-corrected chi connectivity index (χ4v) is 2.43. The molecule has 9 heteroatoms. The highest BCUT2D eigenvalue weighted by Crippen LogP contribution is 2.38. The Kier molecular flexibility index (Phi) is 11.0. The maximum absolute atomic E-state index is 13.1. The largest absolute Gasteiger partial charge is 0.396 e. The first-order chi connectivity index (χ1) is 12.9. The van der Waals surface area contributed by atoms with Gasteiger partial charge >= 0.3 is 6.18 Å². The summed E-state index contributed by atoms with van der Waals surface area (Å²) in [5.74, 6) is -2.04. The van der Waals surface area contributed by atoms with Crippen LogP contribution in [0.4, 0.5) is 13.2 Å². The molecule has 154 valence electrons. The summed E-state index contributed by atoms with van der Waals surface area (Å²) in [6.07, 6.45) is -4.54. The van der Waals surface area contributed by atoms with Gasteiger partial charge in [-0.05, 0) is 30.5 Å². The van der Waals surface area contributed by atoms with Crippen molar-refractivity contribution < 1.29 is 32.5 Å². The fourth-order valence-electron chi connectivity index (χ4n) is 2.43. The second kappa shape index (κ2) is 12.7. The maximum Gasteiger partial charge on any atom is 0.395 e. The molecule has 4 N–H and O–H groups in total. The number of aliphatic hydroxyl groups is 1. The molecule has 0 aliphatic heterocycles. The molecule has 1 aromatic carbocycles. The van der Waals surface area contributed by atoms with Crippen molar-refractivity contribution in [2.24, 2.45) is 5.73 Å². The number of alkyl halides is 3. The Balaban J connectivity index is 2.44. The normalized spacial score (nSPS) is 12.8. The van der Waals surface area contributed by atoms with Crippen molar-refractivity contribution in [3.63, 3.8) is 0 Å². The molecule has 0 heterocycles. The van der Waals surface area contributed by atoms with E-state index in [1.807, 2.05) is 0 Å². The van der Waals surface area contributed by atoms with Gasteiger partial charge in [0.05, 0.1) is 32.3 Å². The van der Waals surface area contributed by atoms with Crippen LogP contribution in [0, 0.1) is 0 Å². The molecule has 1 aromatic rings. The Labute approximate surface area is 156 Å². The van der Waals surface area contributed by atoms with Gasteiger partial charge in [-0.2, -0.15) is 13.2 Å². The van der Waals surface area contributed by atoms with Crippen LogP contribution in [0.5, 0.6) is 0 Å². The van der Waals surface area contributed by atoms with E-state index in [2.05, 4.69) is 5.32 Å². The number of rotatable bonds is 13. The number of carbonyl (C=O) groups is 1. The van der Waals surface area contributed by atoms with E-state index in [-0.39, 0.29) is 43.0 Å². The predicted octanol–water partition coefficient (Wildman–Crippen LogP) is 1.83. The van der Waals surface area contributed by atoms with Crippen LogP contribution in [0.15, 0.2) is 24.3 Å². The van der Waals surface area contributed by atoms with Gasteiger partial charge in [0.25, 0.3) is 5.91 Å². The molecule has 0 saturated carbocycles. The smallest absolute Gasteiger partial charge is 0.395 e. The zero-order valence-corrected chi connectivity index (χ0v) is 15.1. The summed E-state index contributed by atoms with van der Waals surface area (Å²) in [6, 6.07) is 5.33. The van der Waals surface area contributed by atoms with E-state index in [4.69, 9.17) is 20.3 Å². The highest BCUT2D eigenvalue weighted by Gasteiger charge is 2.40. The third-order valence-electron chi connectivity index (χ3n) is 3.79. The first-order valence-electron chi connectivity index (χ1n) is 8.81. The zero-order chi connectivity index (χ0) is 20.1. The number of hydrogen-bond acceptors (Lipinski definition) is 5. The average molecular weight is 392 g/mol. The van der Waals surface area contributed by atoms with Crippen molar-refractivity contribution in [1.29, 1.82) is 0 Å². The SMILES string of the molecule is NCCOCCOCCNC(=O)c1ccc(C(CCCO)C(F)(F)F)cc1.